The number of methoxy groups -OCH3 is 1. The van der Waals surface area contributed by atoms with Gasteiger partial charge in [-0.3, -0.25) is 4.79 Å². The number of rotatable bonds is 2. The van der Waals surface area contributed by atoms with Gasteiger partial charge in [0.05, 0.1) is 29.8 Å². The molecule has 0 atom stereocenters. The Balaban J connectivity index is 3.05. The van der Waals surface area contributed by atoms with Crippen molar-refractivity contribution in [1.82, 2.24) is 0 Å². The van der Waals surface area contributed by atoms with Crippen LogP contribution in [0, 0.1) is 11.3 Å². The normalized spacial score (nSPS) is 9.40. The lowest BCUT2D eigenvalue weighted by Gasteiger charge is -2.04. The zero-order chi connectivity index (χ0) is 11.4. The van der Waals surface area contributed by atoms with E-state index < -0.39 is 0 Å². The lowest BCUT2D eigenvalue weighted by molar-refractivity contribution is -0.139. The quantitative estimate of drug-likeness (QED) is 0.610. The Hall–Kier alpha value is -1.73. The summed E-state index contributed by atoms with van der Waals surface area (Å²) in [4.78, 5) is 11.0. The third kappa shape index (κ3) is 2.61. The van der Waals surface area contributed by atoms with Crippen molar-refractivity contribution in [2.75, 3.05) is 12.8 Å². The van der Waals surface area contributed by atoms with Crippen LogP contribution in [0.1, 0.15) is 11.1 Å². The highest BCUT2D eigenvalue weighted by atomic mass is 35.5. The molecule has 1 rings (SSSR count). The van der Waals surface area contributed by atoms with Crippen LogP contribution in [-0.2, 0) is 16.0 Å². The van der Waals surface area contributed by atoms with Crippen molar-refractivity contribution in [3.8, 4) is 6.07 Å². The standard InChI is InChI=1S/C10H9ClN2O2/c1-15-10(14)4-6-2-8(11)7(5-12)9(13)3-6/h2-3H,4,13H2,1H3. The first-order chi connectivity index (χ1) is 7.08. The molecule has 1 aromatic rings. The zero-order valence-electron chi connectivity index (χ0n) is 8.08. The Morgan fingerprint density at radius 3 is 2.80 bits per heavy atom. The third-order valence-electron chi connectivity index (χ3n) is 1.87. The van der Waals surface area contributed by atoms with Crippen molar-refractivity contribution in [2.45, 2.75) is 6.42 Å². The first-order valence-corrected chi connectivity index (χ1v) is 4.51. The summed E-state index contributed by atoms with van der Waals surface area (Å²) in [7, 11) is 1.30. The smallest absolute Gasteiger partial charge is 0.309 e. The van der Waals surface area contributed by atoms with E-state index in [-0.39, 0.29) is 28.7 Å². The van der Waals surface area contributed by atoms with Gasteiger partial charge in [-0.2, -0.15) is 5.26 Å². The van der Waals surface area contributed by atoms with E-state index in [1.165, 1.54) is 13.2 Å². The predicted molar refractivity (Wildman–Crippen MR) is 56.3 cm³/mol. The number of carbonyl (C=O) groups is 1. The Kier molecular flexibility index (Phi) is 3.53. The number of nitrogen functional groups attached to an aromatic ring is 1. The molecule has 0 fully saturated rings. The summed E-state index contributed by atoms with van der Waals surface area (Å²) >= 11 is 5.81. The van der Waals surface area contributed by atoms with Gasteiger partial charge >= 0.3 is 5.97 Å². The second kappa shape index (κ2) is 4.67. The molecule has 2 N–H and O–H groups in total. The Labute approximate surface area is 92.2 Å². The number of anilines is 1. The van der Waals surface area contributed by atoms with Crippen LogP contribution in [-0.4, -0.2) is 13.1 Å². The number of hydrogen-bond acceptors (Lipinski definition) is 4. The molecule has 0 aliphatic rings. The van der Waals surface area contributed by atoms with Gasteiger partial charge in [0, 0.05) is 0 Å². The topological polar surface area (TPSA) is 76.1 Å². The van der Waals surface area contributed by atoms with Crippen LogP contribution in [0.15, 0.2) is 12.1 Å². The number of carbonyl (C=O) groups excluding carboxylic acids is 1. The molecule has 0 aliphatic heterocycles. The molecule has 78 valence electrons. The molecular formula is C10H9ClN2O2. The maximum atomic E-state index is 11.0. The summed E-state index contributed by atoms with van der Waals surface area (Å²) in [5, 5.41) is 8.96. The Morgan fingerprint density at radius 1 is 1.67 bits per heavy atom. The molecule has 0 spiro atoms. The Bertz CT molecular complexity index is 415. The summed E-state index contributed by atoms with van der Waals surface area (Å²) in [6.45, 7) is 0. The van der Waals surface area contributed by atoms with Gasteiger partial charge in [-0.25, -0.2) is 0 Å². The molecule has 0 unspecified atom stereocenters. The van der Waals surface area contributed by atoms with Gasteiger partial charge in [-0.15, -0.1) is 0 Å². The van der Waals surface area contributed by atoms with E-state index in [1.807, 2.05) is 6.07 Å². The van der Waals surface area contributed by atoms with E-state index in [9.17, 15) is 4.79 Å². The van der Waals surface area contributed by atoms with E-state index >= 15 is 0 Å². The van der Waals surface area contributed by atoms with E-state index in [0.29, 0.717) is 5.56 Å². The monoisotopic (exact) mass is 224 g/mol. The molecule has 0 saturated heterocycles. The number of halogens is 1. The molecule has 15 heavy (non-hydrogen) atoms. The molecular weight excluding hydrogens is 216 g/mol. The Morgan fingerprint density at radius 2 is 2.33 bits per heavy atom. The van der Waals surface area contributed by atoms with Crippen molar-refractivity contribution >= 4 is 23.3 Å². The first-order valence-electron chi connectivity index (χ1n) is 4.13. The van der Waals surface area contributed by atoms with Gasteiger partial charge in [-0.1, -0.05) is 11.6 Å². The molecule has 1 aromatic carbocycles. The highest BCUT2D eigenvalue weighted by molar-refractivity contribution is 6.32. The van der Waals surface area contributed by atoms with Gasteiger partial charge in [0.25, 0.3) is 0 Å². The second-order valence-corrected chi connectivity index (χ2v) is 3.31. The minimum absolute atomic E-state index is 0.0894. The molecule has 0 aromatic heterocycles. The number of benzene rings is 1. The SMILES string of the molecule is COC(=O)Cc1cc(N)c(C#N)c(Cl)c1. The fraction of sp³-hybridized carbons (Fsp3) is 0.200. The minimum atomic E-state index is -0.379. The summed E-state index contributed by atoms with van der Waals surface area (Å²) in [5.74, 6) is -0.379. The van der Waals surface area contributed by atoms with Crippen LogP contribution < -0.4 is 5.73 Å². The van der Waals surface area contributed by atoms with Gasteiger partial charge in [-0.05, 0) is 17.7 Å². The van der Waals surface area contributed by atoms with Gasteiger partial charge in [0.15, 0.2) is 0 Å². The van der Waals surface area contributed by atoms with E-state index in [0.717, 1.165) is 0 Å². The summed E-state index contributed by atoms with van der Waals surface area (Å²) in [6, 6.07) is 4.96. The number of hydrogen-bond donors (Lipinski definition) is 1. The first kappa shape index (κ1) is 11.3. The van der Waals surface area contributed by atoms with Crippen LogP contribution in [0.4, 0.5) is 5.69 Å². The van der Waals surface area contributed by atoms with Crippen molar-refractivity contribution in [2.24, 2.45) is 0 Å². The van der Waals surface area contributed by atoms with E-state index in [2.05, 4.69) is 4.74 Å². The largest absolute Gasteiger partial charge is 0.469 e. The van der Waals surface area contributed by atoms with Crippen LogP contribution in [0.3, 0.4) is 0 Å². The lowest BCUT2D eigenvalue weighted by Crippen LogP contribution is -2.05. The lowest BCUT2D eigenvalue weighted by atomic mass is 10.1. The number of ether oxygens (including phenoxy) is 1. The summed E-state index contributed by atoms with van der Waals surface area (Å²) in [5.41, 5.74) is 6.71. The maximum absolute atomic E-state index is 11.0. The van der Waals surface area contributed by atoms with Crippen molar-refractivity contribution in [1.29, 1.82) is 5.26 Å². The average Bonchev–Trinajstić information content (AvgIpc) is 2.17. The second-order valence-electron chi connectivity index (χ2n) is 2.91. The number of nitrogens with two attached hydrogens (primary N) is 1. The van der Waals surface area contributed by atoms with Crippen molar-refractivity contribution in [3.63, 3.8) is 0 Å². The number of esters is 1. The fourth-order valence-corrected chi connectivity index (χ4v) is 1.44. The molecule has 0 saturated carbocycles. The molecule has 0 bridgehead atoms. The minimum Gasteiger partial charge on any atom is -0.469 e. The molecule has 0 aliphatic carbocycles. The highest BCUT2D eigenvalue weighted by Crippen LogP contribution is 2.23. The zero-order valence-corrected chi connectivity index (χ0v) is 8.84. The fourth-order valence-electron chi connectivity index (χ4n) is 1.15. The van der Waals surface area contributed by atoms with Crippen LogP contribution >= 0.6 is 11.6 Å². The van der Waals surface area contributed by atoms with E-state index in [4.69, 9.17) is 22.6 Å². The van der Waals surface area contributed by atoms with Crippen molar-refractivity contribution < 1.29 is 9.53 Å². The van der Waals surface area contributed by atoms with E-state index in [1.54, 1.807) is 6.07 Å². The molecule has 0 amide bonds. The molecule has 5 heteroatoms. The van der Waals surface area contributed by atoms with Gasteiger partial charge < -0.3 is 10.5 Å². The third-order valence-corrected chi connectivity index (χ3v) is 2.17. The molecule has 4 nitrogen and oxygen atoms in total. The maximum Gasteiger partial charge on any atom is 0.309 e. The average molecular weight is 225 g/mol. The van der Waals surface area contributed by atoms with Gasteiger partial charge in [0.2, 0.25) is 0 Å². The van der Waals surface area contributed by atoms with Crippen LogP contribution in [0.25, 0.3) is 0 Å². The van der Waals surface area contributed by atoms with Crippen LogP contribution in [0.5, 0.6) is 0 Å². The molecule has 0 heterocycles. The number of nitrogens with zero attached hydrogens (tertiary/aromatic N) is 1. The number of nitriles is 1. The predicted octanol–water partition coefficient (Wildman–Crippen LogP) is 1.51. The summed E-state index contributed by atoms with van der Waals surface area (Å²) < 4.78 is 4.50. The van der Waals surface area contributed by atoms with Crippen molar-refractivity contribution in [3.05, 3.63) is 28.3 Å². The summed E-state index contributed by atoms with van der Waals surface area (Å²) in [6.07, 6.45) is 0.0894. The van der Waals surface area contributed by atoms with Gasteiger partial charge in [0.1, 0.15) is 6.07 Å². The molecule has 0 radical (unpaired) electrons. The van der Waals surface area contributed by atoms with Crippen LogP contribution in [0.2, 0.25) is 5.02 Å². The highest BCUT2D eigenvalue weighted by Gasteiger charge is 2.09.